The summed E-state index contributed by atoms with van der Waals surface area (Å²) in [6, 6.07) is 0. The molecule has 0 saturated carbocycles. The van der Waals surface area contributed by atoms with Crippen molar-refractivity contribution in [1.29, 1.82) is 0 Å². The van der Waals surface area contributed by atoms with Gasteiger partial charge in [0, 0.05) is 13.5 Å². The highest BCUT2D eigenvalue weighted by molar-refractivity contribution is 7.59. The fourth-order valence-electron chi connectivity index (χ4n) is 2.17. The van der Waals surface area contributed by atoms with E-state index in [1.165, 1.54) is 17.2 Å². The van der Waals surface area contributed by atoms with E-state index < -0.39 is 31.1 Å². The smallest absolute Gasteiger partial charge is 0.167 e. The highest BCUT2D eigenvalue weighted by Crippen LogP contribution is 2.31. The normalized spacial score (nSPS) is 29.6. The van der Waals surface area contributed by atoms with E-state index in [0.29, 0.717) is 11.2 Å². The summed E-state index contributed by atoms with van der Waals surface area (Å²) in [7, 11) is 0. The lowest BCUT2D eigenvalue weighted by molar-refractivity contribution is -0.0511. The van der Waals surface area contributed by atoms with Crippen molar-refractivity contribution in [3.63, 3.8) is 0 Å². The average Bonchev–Trinajstić information content (AvgIpc) is 2.94. The summed E-state index contributed by atoms with van der Waals surface area (Å²) < 4.78 is 6.85. The average molecular weight is 299 g/mol. The number of aliphatic hydroxyl groups excluding tert-OH is 3. The molecule has 3 heterocycles. The molecular weight excluding hydrogens is 286 g/mol. The lowest BCUT2D eigenvalue weighted by Gasteiger charge is -2.16. The minimum Gasteiger partial charge on any atom is -0.394 e. The zero-order valence-corrected chi connectivity index (χ0v) is 11.0. The van der Waals surface area contributed by atoms with Gasteiger partial charge in [-0.15, -0.1) is 0 Å². The van der Waals surface area contributed by atoms with Gasteiger partial charge >= 0.3 is 0 Å². The maximum absolute atomic E-state index is 9.95. The van der Waals surface area contributed by atoms with E-state index in [1.54, 1.807) is 0 Å². The molecule has 0 aromatic carbocycles. The molecule has 0 unspecified atom stereocenters. The zero-order valence-electron chi connectivity index (χ0n) is 10.2. The molecule has 20 heavy (non-hydrogen) atoms. The fourth-order valence-corrected chi connectivity index (χ4v) is 2.17. The first-order valence-corrected chi connectivity index (χ1v) is 5.69. The van der Waals surface area contributed by atoms with Crippen molar-refractivity contribution in [2.75, 3.05) is 12.3 Å². The van der Waals surface area contributed by atoms with E-state index >= 15 is 0 Å². The molecule has 1 aliphatic rings. The first-order chi connectivity index (χ1) is 9.13. The lowest BCUT2D eigenvalue weighted by Crippen LogP contribution is -2.33. The number of aliphatic hydroxyl groups is 3. The topological polar surface area (TPSA) is 140 Å². The second kappa shape index (κ2) is 5.50. The number of nitrogens with two attached hydrogens (primary N) is 1. The van der Waals surface area contributed by atoms with Crippen molar-refractivity contribution < 1.29 is 20.1 Å². The van der Waals surface area contributed by atoms with Gasteiger partial charge in [-0.05, 0) is 0 Å². The number of fused-ring (bicyclic) bond motifs is 1. The summed E-state index contributed by atoms with van der Waals surface area (Å²) in [6.07, 6.45) is -1.42. The van der Waals surface area contributed by atoms with Gasteiger partial charge in [-0.2, -0.15) is 0 Å². The Morgan fingerprint density at radius 3 is 2.65 bits per heavy atom. The van der Waals surface area contributed by atoms with Gasteiger partial charge in [0.15, 0.2) is 17.7 Å². The SMILES string of the molecule is Nc1ncnc2c1ncn2[C@@H]1O[C@H](CO)[C@@H](O)[C@H]1O.[S]. The molecule has 5 N–H and O–H groups in total. The maximum atomic E-state index is 9.95. The van der Waals surface area contributed by atoms with Crippen LogP contribution in [-0.4, -0.2) is 59.8 Å². The highest BCUT2D eigenvalue weighted by Gasteiger charge is 2.43. The summed E-state index contributed by atoms with van der Waals surface area (Å²) in [6.45, 7) is -0.390. The minimum absolute atomic E-state index is 0. The van der Waals surface area contributed by atoms with Crippen molar-refractivity contribution in [1.82, 2.24) is 19.5 Å². The molecule has 0 bridgehead atoms. The Kier molecular flexibility index (Phi) is 4.11. The molecule has 0 aliphatic carbocycles. The van der Waals surface area contributed by atoms with Crippen molar-refractivity contribution in [3.05, 3.63) is 12.7 Å². The number of rotatable bonds is 2. The van der Waals surface area contributed by atoms with Crippen molar-refractivity contribution >= 4 is 30.5 Å². The van der Waals surface area contributed by atoms with Crippen molar-refractivity contribution in [3.8, 4) is 0 Å². The number of nitrogen functional groups attached to an aromatic ring is 1. The maximum Gasteiger partial charge on any atom is 0.167 e. The summed E-state index contributed by atoms with van der Waals surface area (Å²) in [5.74, 6) is 0.218. The number of imidazole rings is 1. The molecule has 1 aliphatic heterocycles. The molecule has 3 rings (SSSR count). The lowest BCUT2D eigenvalue weighted by atomic mass is 10.1. The first-order valence-electron chi connectivity index (χ1n) is 5.69. The van der Waals surface area contributed by atoms with Crippen LogP contribution in [0.1, 0.15) is 6.23 Å². The van der Waals surface area contributed by atoms with Gasteiger partial charge in [0.05, 0.1) is 12.9 Å². The predicted octanol–water partition coefficient (Wildman–Crippen LogP) is -1.33. The minimum atomic E-state index is -1.19. The molecule has 1 fully saturated rings. The van der Waals surface area contributed by atoms with E-state index in [4.69, 9.17) is 15.6 Å². The number of anilines is 1. The Balaban J connectivity index is 0.00000147. The predicted molar refractivity (Wildman–Crippen MR) is 70.3 cm³/mol. The fraction of sp³-hybridized carbons (Fsp3) is 0.500. The molecule has 2 aromatic rings. The third-order valence-electron chi connectivity index (χ3n) is 3.18. The van der Waals surface area contributed by atoms with Crippen LogP contribution in [0, 0.1) is 0 Å². The number of hydrogen-bond acceptors (Lipinski definition) is 8. The molecule has 1 saturated heterocycles. The van der Waals surface area contributed by atoms with Crippen LogP contribution in [0.4, 0.5) is 5.82 Å². The number of ether oxygens (including phenoxy) is 1. The van der Waals surface area contributed by atoms with Crippen molar-refractivity contribution in [2.24, 2.45) is 0 Å². The first kappa shape index (κ1) is 14.9. The van der Waals surface area contributed by atoms with Gasteiger partial charge in [0.2, 0.25) is 0 Å². The summed E-state index contributed by atoms with van der Waals surface area (Å²) >= 11 is 0. The van der Waals surface area contributed by atoms with E-state index in [1.807, 2.05) is 0 Å². The van der Waals surface area contributed by atoms with Gasteiger partial charge in [-0.3, -0.25) is 4.57 Å². The van der Waals surface area contributed by atoms with E-state index in [-0.39, 0.29) is 19.3 Å². The Bertz CT molecular complexity index is 608. The van der Waals surface area contributed by atoms with Gasteiger partial charge in [0.25, 0.3) is 0 Å². The number of hydrogen-bond donors (Lipinski definition) is 4. The van der Waals surface area contributed by atoms with Crippen LogP contribution < -0.4 is 5.73 Å². The number of nitrogens with zero attached hydrogens (tertiary/aromatic N) is 4. The van der Waals surface area contributed by atoms with E-state index in [2.05, 4.69) is 15.0 Å². The second-order valence-electron chi connectivity index (χ2n) is 4.31. The Morgan fingerprint density at radius 2 is 2.00 bits per heavy atom. The molecule has 4 atom stereocenters. The van der Waals surface area contributed by atoms with Crippen LogP contribution >= 0.6 is 13.5 Å². The summed E-state index contributed by atoms with van der Waals surface area (Å²) in [4.78, 5) is 11.9. The standard InChI is InChI=1S/C10H13N5O4.S/c11-8-5-9(13-2-12-8)15(3-14-5)10-7(18)6(17)4(1-16)19-10;/h2-4,6-7,10,16-18H,1H2,(H2,11,12,13);/t4-,6-,7-,10-;/m1./s1. The molecule has 108 valence electrons. The van der Waals surface area contributed by atoms with Gasteiger partial charge in [-0.1, -0.05) is 0 Å². The molecule has 2 radical (unpaired) electrons. The largest absolute Gasteiger partial charge is 0.394 e. The Hall–Kier alpha value is -1.46. The second-order valence-corrected chi connectivity index (χ2v) is 4.31. The van der Waals surface area contributed by atoms with E-state index in [9.17, 15) is 10.2 Å². The van der Waals surface area contributed by atoms with Gasteiger partial charge < -0.3 is 25.8 Å². The van der Waals surface area contributed by atoms with Crippen molar-refractivity contribution in [2.45, 2.75) is 24.5 Å². The molecule has 0 amide bonds. The summed E-state index contributed by atoms with van der Waals surface area (Å²) in [5, 5.41) is 28.7. The molecular formula is C10H13N5O4S. The summed E-state index contributed by atoms with van der Waals surface area (Å²) in [5.41, 5.74) is 6.44. The van der Waals surface area contributed by atoms with Gasteiger partial charge in [-0.25, -0.2) is 15.0 Å². The Labute approximate surface area is 120 Å². The zero-order chi connectivity index (χ0) is 13.6. The molecule has 2 aromatic heterocycles. The number of aromatic nitrogens is 4. The van der Waals surface area contributed by atoms with Crippen LogP contribution in [-0.2, 0) is 4.74 Å². The monoisotopic (exact) mass is 299 g/mol. The van der Waals surface area contributed by atoms with Crippen LogP contribution in [0.3, 0.4) is 0 Å². The molecule has 10 heteroatoms. The third kappa shape index (κ3) is 2.11. The van der Waals surface area contributed by atoms with Crippen LogP contribution in [0.25, 0.3) is 11.2 Å². The highest BCUT2D eigenvalue weighted by atomic mass is 32.1. The Morgan fingerprint density at radius 1 is 1.25 bits per heavy atom. The molecule has 9 nitrogen and oxygen atoms in total. The molecule has 0 spiro atoms. The quantitative estimate of drug-likeness (QED) is 0.534. The van der Waals surface area contributed by atoms with E-state index in [0.717, 1.165) is 0 Å². The van der Waals surface area contributed by atoms with Crippen LogP contribution in [0.15, 0.2) is 12.7 Å². The van der Waals surface area contributed by atoms with Crippen LogP contribution in [0.5, 0.6) is 0 Å². The van der Waals surface area contributed by atoms with Gasteiger partial charge in [0.1, 0.15) is 30.2 Å². The van der Waals surface area contributed by atoms with Crippen LogP contribution in [0.2, 0.25) is 0 Å². The third-order valence-corrected chi connectivity index (χ3v) is 3.18.